The lowest BCUT2D eigenvalue weighted by atomic mass is 10.2. The average molecular weight is 264 g/mol. The van der Waals surface area contributed by atoms with E-state index in [0.717, 1.165) is 43.5 Å². The smallest absolute Gasteiger partial charge is 0.224 e. The Kier molecular flexibility index (Phi) is 4.58. The number of aromatic nitrogens is 2. The normalized spacial score (nSPS) is 23.5. The maximum atomic E-state index is 5.76. The molecule has 1 aromatic heterocycles. The lowest BCUT2D eigenvalue weighted by molar-refractivity contribution is -0.00546. The molecule has 5 nitrogen and oxygen atoms in total. The van der Waals surface area contributed by atoms with E-state index in [1.165, 1.54) is 0 Å². The molecule has 1 N–H and O–H groups in total. The van der Waals surface area contributed by atoms with Gasteiger partial charge in [0.05, 0.1) is 12.2 Å². The summed E-state index contributed by atoms with van der Waals surface area (Å²) in [5, 5.41) is 3.26. The van der Waals surface area contributed by atoms with Crippen molar-refractivity contribution in [3.05, 3.63) is 11.8 Å². The molecular weight excluding hydrogens is 240 g/mol. The molecule has 1 saturated heterocycles. The second-order valence-electron chi connectivity index (χ2n) is 5.28. The van der Waals surface area contributed by atoms with Crippen LogP contribution in [0.3, 0.4) is 0 Å². The van der Waals surface area contributed by atoms with E-state index < -0.39 is 0 Å². The Balaban J connectivity index is 2.16. The molecule has 2 heterocycles. The third kappa shape index (κ3) is 3.80. The minimum atomic E-state index is 0.242. The molecule has 106 valence electrons. The van der Waals surface area contributed by atoms with Crippen LogP contribution in [-0.2, 0) is 4.74 Å². The number of aryl methyl sites for hydroxylation is 1. The van der Waals surface area contributed by atoms with Crippen molar-refractivity contribution >= 4 is 11.8 Å². The molecule has 1 aliphatic heterocycles. The van der Waals surface area contributed by atoms with E-state index in [2.05, 4.69) is 41.0 Å². The number of hydrogen-bond acceptors (Lipinski definition) is 5. The lowest BCUT2D eigenvalue weighted by Crippen LogP contribution is -2.46. The fraction of sp³-hybridized carbons (Fsp3) is 0.714. The Hall–Kier alpha value is -1.36. The first-order valence-corrected chi connectivity index (χ1v) is 7.08. The van der Waals surface area contributed by atoms with Gasteiger partial charge in [0.2, 0.25) is 5.95 Å². The van der Waals surface area contributed by atoms with E-state index in [9.17, 15) is 0 Å². The number of anilines is 2. The molecule has 19 heavy (non-hydrogen) atoms. The van der Waals surface area contributed by atoms with E-state index in [0.29, 0.717) is 0 Å². The van der Waals surface area contributed by atoms with Crippen molar-refractivity contribution < 1.29 is 4.74 Å². The van der Waals surface area contributed by atoms with Crippen LogP contribution in [0.15, 0.2) is 6.07 Å². The molecule has 1 aliphatic rings. The van der Waals surface area contributed by atoms with Crippen LogP contribution in [0.2, 0.25) is 0 Å². The molecule has 0 saturated carbocycles. The summed E-state index contributed by atoms with van der Waals surface area (Å²) in [4.78, 5) is 11.3. The number of nitrogens with zero attached hydrogens (tertiary/aromatic N) is 3. The summed E-state index contributed by atoms with van der Waals surface area (Å²) in [6.45, 7) is 11.0. The van der Waals surface area contributed by atoms with Gasteiger partial charge in [0.1, 0.15) is 5.82 Å². The molecule has 0 aliphatic carbocycles. The van der Waals surface area contributed by atoms with E-state index >= 15 is 0 Å². The third-order valence-electron chi connectivity index (χ3n) is 3.12. The molecule has 0 spiro atoms. The van der Waals surface area contributed by atoms with Crippen molar-refractivity contribution in [2.24, 2.45) is 0 Å². The molecule has 5 heteroatoms. The number of morpholine rings is 1. The van der Waals surface area contributed by atoms with E-state index in [-0.39, 0.29) is 12.2 Å². The first-order valence-electron chi connectivity index (χ1n) is 7.08. The summed E-state index contributed by atoms with van der Waals surface area (Å²) >= 11 is 0. The SMILES string of the molecule is CCCNc1nc(C)cc(N2C[C@@H](C)O[C@@H](C)C2)n1. The maximum absolute atomic E-state index is 5.76. The van der Waals surface area contributed by atoms with Crippen LogP contribution in [0, 0.1) is 6.92 Å². The molecule has 2 atom stereocenters. The average Bonchev–Trinajstić information content (AvgIpc) is 2.34. The molecule has 0 unspecified atom stereocenters. The number of ether oxygens (including phenoxy) is 1. The van der Waals surface area contributed by atoms with Crippen LogP contribution in [0.25, 0.3) is 0 Å². The molecule has 2 rings (SSSR count). The van der Waals surface area contributed by atoms with Gasteiger partial charge in [-0.05, 0) is 27.2 Å². The first-order chi connectivity index (χ1) is 9.08. The Bertz CT molecular complexity index is 414. The standard InChI is InChI=1S/C14H24N4O/c1-5-6-15-14-16-10(2)7-13(17-14)18-8-11(3)19-12(4)9-18/h7,11-12H,5-6,8-9H2,1-4H3,(H,15,16,17)/t11-,12+. The highest BCUT2D eigenvalue weighted by Gasteiger charge is 2.23. The van der Waals surface area contributed by atoms with Crippen molar-refractivity contribution in [2.75, 3.05) is 29.9 Å². The Morgan fingerprint density at radius 3 is 2.63 bits per heavy atom. The van der Waals surface area contributed by atoms with Gasteiger partial charge in [0.15, 0.2) is 0 Å². The predicted octanol–water partition coefficient (Wildman–Crippen LogP) is 2.22. The molecule has 1 fully saturated rings. The number of nitrogens with one attached hydrogen (secondary N) is 1. The summed E-state index contributed by atoms with van der Waals surface area (Å²) in [6, 6.07) is 2.04. The van der Waals surface area contributed by atoms with Crippen molar-refractivity contribution in [3.63, 3.8) is 0 Å². The Labute approximate surface area is 115 Å². The second kappa shape index (κ2) is 6.19. The first kappa shape index (κ1) is 14.1. The van der Waals surface area contributed by atoms with Crippen molar-refractivity contribution in [1.29, 1.82) is 0 Å². The Morgan fingerprint density at radius 2 is 2.00 bits per heavy atom. The fourth-order valence-corrected chi connectivity index (χ4v) is 2.39. The summed E-state index contributed by atoms with van der Waals surface area (Å²) in [7, 11) is 0. The van der Waals surface area contributed by atoms with E-state index in [1.54, 1.807) is 0 Å². The van der Waals surface area contributed by atoms with Gasteiger partial charge < -0.3 is 15.0 Å². The van der Waals surface area contributed by atoms with Crippen molar-refractivity contribution in [3.8, 4) is 0 Å². The van der Waals surface area contributed by atoms with Gasteiger partial charge in [-0.25, -0.2) is 4.98 Å². The second-order valence-corrected chi connectivity index (χ2v) is 5.28. The predicted molar refractivity (Wildman–Crippen MR) is 77.8 cm³/mol. The lowest BCUT2D eigenvalue weighted by Gasteiger charge is -2.36. The topological polar surface area (TPSA) is 50.3 Å². The number of rotatable bonds is 4. The molecule has 0 aromatic carbocycles. The molecule has 0 bridgehead atoms. The van der Waals surface area contributed by atoms with Gasteiger partial charge >= 0.3 is 0 Å². The summed E-state index contributed by atoms with van der Waals surface area (Å²) in [6.07, 6.45) is 1.55. The van der Waals surface area contributed by atoms with Crippen molar-refractivity contribution in [2.45, 2.75) is 46.3 Å². The summed E-state index contributed by atoms with van der Waals surface area (Å²) in [5.41, 5.74) is 0.996. The van der Waals surface area contributed by atoms with Gasteiger partial charge in [0, 0.05) is 31.4 Å². The summed E-state index contributed by atoms with van der Waals surface area (Å²) < 4.78 is 5.76. The zero-order valence-electron chi connectivity index (χ0n) is 12.3. The van der Waals surface area contributed by atoms with Gasteiger partial charge in [-0.1, -0.05) is 6.92 Å². The fourth-order valence-electron chi connectivity index (χ4n) is 2.39. The van der Waals surface area contributed by atoms with Gasteiger partial charge in [-0.15, -0.1) is 0 Å². The van der Waals surface area contributed by atoms with Crippen LogP contribution in [0.1, 0.15) is 32.9 Å². The quantitative estimate of drug-likeness (QED) is 0.903. The minimum Gasteiger partial charge on any atom is -0.372 e. The van der Waals surface area contributed by atoms with E-state index in [1.807, 2.05) is 13.0 Å². The van der Waals surface area contributed by atoms with Gasteiger partial charge in [-0.3, -0.25) is 0 Å². The van der Waals surface area contributed by atoms with Gasteiger partial charge in [-0.2, -0.15) is 4.98 Å². The number of hydrogen-bond donors (Lipinski definition) is 1. The zero-order valence-corrected chi connectivity index (χ0v) is 12.3. The molecule has 0 radical (unpaired) electrons. The zero-order chi connectivity index (χ0) is 13.8. The summed E-state index contributed by atoms with van der Waals surface area (Å²) in [5.74, 6) is 1.72. The van der Waals surface area contributed by atoms with Crippen LogP contribution < -0.4 is 10.2 Å². The van der Waals surface area contributed by atoms with Crippen LogP contribution in [-0.4, -0.2) is 41.8 Å². The molecular formula is C14H24N4O. The highest BCUT2D eigenvalue weighted by Crippen LogP contribution is 2.20. The maximum Gasteiger partial charge on any atom is 0.224 e. The highest BCUT2D eigenvalue weighted by atomic mass is 16.5. The minimum absolute atomic E-state index is 0.242. The molecule has 0 amide bonds. The monoisotopic (exact) mass is 264 g/mol. The van der Waals surface area contributed by atoms with Gasteiger partial charge in [0.25, 0.3) is 0 Å². The largest absolute Gasteiger partial charge is 0.372 e. The molecule has 1 aromatic rings. The van der Waals surface area contributed by atoms with Crippen LogP contribution in [0.4, 0.5) is 11.8 Å². The van der Waals surface area contributed by atoms with Crippen LogP contribution in [0.5, 0.6) is 0 Å². The van der Waals surface area contributed by atoms with Crippen molar-refractivity contribution in [1.82, 2.24) is 9.97 Å². The highest BCUT2D eigenvalue weighted by molar-refractivity contribution is 5.45. The van der Waals surface area contributed by atoms with Crippen LogP contribution >= 0.6 is 0 Å². The Morgan fingerprint density at radius 1 is 1.32 bits per heavy atom. The van der Waals surface area contributed by atoms with E-state index in [4.69, 9.17) is 4.74 Å². The third-order valence-corrected chi connectivity index (χ3v) is 3.12.